The molecule has 2 heterocycles. The van der Waals surface area contributed by atoms with Crippen LogP contribution in [0, 0.1) is 25.5 Å². The Morgan fingerprint density at radius 3 is 2.36 bits per heavy atom. The molecule has 44 heavy (non-hydrogen) atoms. The number of carbonyl (C=O) groups is 2. The lowest BCUT2D eigenvalue weighted by Gasteiger charge is -2.45. The number of rotatable bonds is 8. The van der Waals surface area contributed by atoms with Crippen LogP contribution in [0.25, 0.3) is 33.4 Å². The molecule has 0 bridgehead atoms. The van der Waals surface area contributed by atoms with Gasteiger partial charge in [-0.25, -0.2) is 18.7 Å². The van der Waals surface area contributed by atoms with E-state index in [4.69, 9.17) is 9.15 Å². The third-order valence-electron chi connectivity index (χ3n) is 8.62. The second-order valence-electron chi connectivity index (χ2n) is 11.4. The normalized spacial score (nSPS) is 17.8. The minimum Gasteiger partial charge on any atom is -0.455 e. The van der Waals surface area contributed by atoms with Gasteiger partial charge in [-0.2, -0.15) is 0 Å². The first-order valence-electron chi connectivity index (χ1n) is 14.3. The number of ketones is 1. The van der Waals surface area contributed by atoms with Crippen molar-refractivity contribution in [1.82, 2.24) is 15.3 Å². The Labute approximate surface area is 253 Å². The number of amides is 1. The molecule has 0 atom stereocenters. The molecule has 3 aromatic carbocycles. The van der Waals surface area contributed by atoms with Crippen LogP contribution < -0.4 is 5.32 Å². The molecule has 0 unspecified atom stereocenters. The van der Waals surface area contributed by atoms with Crippen LogP contribution in [-0.2, 0) is 10.2 Å². The second kappa shape index (κ2) is 11.4. The molecule has 1 amide bonds. The van der Waals surface area contributed by atoms with Crippen molar-refractivity contribution in [3.63, 3.8) is 0 Å². The summed E-state index contributed by atoms with van der Waals surface area (Å²) in [6, 6.07) is 14.0. The highest BCUT2D eigenvalue weighted by molar-refractivity contribution is 6.12. The predicted molar refractivity (Wildman–Crippen MR) is 163 cm³/mol. The van der Waals surface area contributed by atoms with Gasteiger partial charge < -0.3 is 14.5 Å². The van der Waals surface area contributed by atoms with Gasteiger partial charge in [-0.3, -0.25) is 9.59 Å². The van der Waals surface area contributed by atoms with Gasteiger partial charge in [0.05, 0.1) is 17.1 Å². The molecule has 224 valence electrons. The molecule has 2 aromatic heterocycles. The summed E-state index contributed by atoms with van der Waals surface area (Å²) in [5.41, 5.74) is 2.85. The van der Waals surface area contributed by atoms with Crippen molar-refractivity contribution in [1.29, 1.82) is 0 Å². The zero-order valence-corrected chi connectivity index (χ0v) is 24.8. The fourth-order valence-corrected chi connectivity index (χ4v) is 6.31. The van der Waals surface area contributed by atoms with E-state index in [0.29, 0.717) is 35.4 Å². The number of halogens is 2. The number of hydrogen-bond acceptors (Lipinski definition) is 6. The maximum atomic E-state index is 16.5. The van der Waals surface area contributed by atoms with Crippen LogP contribution in [0.1, 0.15) is 56.9 Å². The van der Waals surface area contributed by atoms with Gasteiger partial charge in [-0.15, -0.1) is 0 Å². The van der Waals surface area contributed by atoms with Crippen molar-refractivity contribution in [2.75, 3.05) is 14.2 Å². The van der Waals surface area contributed by atoms with E-state index in [1.54, 1.807) is 43.8 Å². The number of aromatic nitrogens is 2. The highest BCUT2D eigenvalue weighted by Crippen LogP contribution is 2.47. The summed E-state index contributed by atoms with van der Waals surface area (Å²) in [7, 11) is 3.10. The average Bonchev–Trinajstić information content (AvgIpc) is 3.40. The maximum Gasteiger partial charge on any atom is 0.255 e. The molecule has 0 aliphatic heterocycles. The molecular weight excluding hydrogens is 564 g/mol. The Kier molecular flexibility index (Phi) is 7.59. The Morgan fingerprint density at radius 2 is 1.70 bits per heavy atom. The van der Waals surface area contributed by atoms with E-state index in [0.717, 1.165) is 11.1 Å². The molecular formula is C35H31F2N3O4. The Bertz CT molecular complexity index is 1900. The van der Waals surface area contributed by atoms with E-state index in [2.05, 4.69) is 15.3 Å². The molecule has 1 saturated carbocycles. The van der Waals surface area contributed by atoms with Gasteiger partial charge >= 0.3 is 0 Å². The van der Waals surface area contributed by atoms with E-state index in [9.17, 15) is 14.0 Å². The SMILES string of the molecule is CNC(=O)c1c(-c2ccc(F)cc2)oc2ccc(-c3cc(C(=O)CC4(c5ncccn5)CC(OC)C4)c(C)cc3C)c(F)c12. The first kappa shape index (κ1) is 29.3. The zero-order chi connectivity index (χ0) is 31.2. The molecule has 0 radical (unpaired) electrons. The molecule has 1 N–H and O–H groups in total. The number of fused-ring (bicyclic) bond motifs is 1. The van der Waals surface area contributed by atoms with Crippen molar-refractivity contribution in [2.45, 2.75) is 44.6 Å². The number of nitrogens with one attached hydrogen (secondary N) is 1. The Morgan fingerprint density at radius 1 is 1.00 bits per heavy atom. The minimum absolute atomic E-state index is 0.00859. The van der Waals surface area contributed by atoms with Gasteiger partial charge in [0.15, 0.2) is 5.78 Å². The number of nitrogens with zero attached hydrogens (tertiary/aromatic N) is 2. The highest BCUT2D eigenvalue weighted by Gasteiger charge is 2.49. The topological polar surface area (TPSA) is 94.3 Å². The van der Waals surface area contributed by atoms with Crippen LogP contribution in [0.5, 0.6) is 0 Å². The lowest BCUT2D eigenvalue weighted by Crippen LogP contribution is -2.48. The number of aryl methyl sites for hydroxylation is 2. The van der Waals surface area contributed by atoms with Gasteiger partial charge in [-0.1, -0.05) is 6.07 Å². The number of carbonyl (C=O) groups excluding carboxylic acids is 2. The lowest BCUT2D eigenvalue weighted by atomic mass is 9.62. The molecule has 6 rings (SSSR count). The highest BCUT2D eigenvalue weighted by atomic mass is 19.1. The average molecular weight is 596 g/mol. The van der Waals surface area contributed by atoms with E-state index >= 15 is 4.39 Å². The third-order valence-corrected chi connectivity index (χ3v) is 8.62. The van der Waals surface area contributed by atoms with Crippen molar-refractivity contribution in [2.24, 2.45) is 0 Å². The van der Waals surface area contributed by atoms with Crippen LogP contribution in [0.3, 0.4) is 0 Å². The number of ether oxygens (including phenoxy) is 1. The molecule has 1 aliphatic carbocycles. The summed E-state index contributed by atoms with van der Waals surface area (Å²) in [6.07, 6.45) is 4.81. The second-order valence-corrected chi connectivity index (χ2v) is 11.4. The number of Topliss-reactive ketones (excluding diaryl/α,β-unsaturated/α-hetero) is 1. The summed E-state index contributed by atoms with van der Waals surface area (Å²) >= 11 is 0. The molecule has 1 fully saturated rings. The molecule has 5 aromatic rings. The van der Waals surface area contributed by atoms with Crippen molar-refractivity contribution in [3.8, 4) is 22.5 Å². The van der Waals surface area contributed by atoms with Crippen molar-refractivity contribution < 1.29 is 27.5 Å². The first-order chi connectivity index (χ1) is 21.2. The van der Waals surface area contributed by atoms with E-state index < -0.39 is 23.0 Å². The molecule has 7 nitrogen and oxygen atoms in total. The smallest absolute Gasteiger partial charge is 0.255 e. The number of furan rings is 1. The minimum atomic E-state index is -0.653. The Balaban J connectivity index is 1.44. The summed E-state index contributed by atoms with van der Waals surface area (Å²) in [5, 5.41) is 2.57. The Hall–Kier alpha value is -4.76. The van der Waals surface area contributed by atoms with Crippen molar-refractivity contribution in [3.05, 3.63) is 107 Å². The van der Waals surface area contributed by atoms with Gasteiger partial charge in [0.25, 0.3) is 5.91 Å². The van der Waals surface area contributed by atoms with Gasteiger partial charge in [0.1, 0.15) is 28.8 Å². The van der Waals surface area contributed by atoms with Crippen LogP contribution in [0.4, 0.5) is 8.78 Å². The quantitative estimate of drug-likeness (QED) is 0.192. The maximum absolute atomic E-state index is 16.5. The van der Waals surface area contributed by atoms with Crippen LogP contribution in [-0.4, -0.2) is 41.9 Å². The van der Waals surface area contributed by atoms with E-state index in [-0.39, 0.29) is 46.2 Å². The molecule has 1 aliphatic rings. The summed E-state index contributed by atoms with van der Waals surface area (Å²) in [4.78, 5) is 35.9. The number of methoxy groups -OCH3 is 1. The monoisotopic (exact) mass is 595 g/mol. The largest absolute Gasteiger partial charge is 0.455 e. The predicted octanol–water partition coefficient (Wildman–Crippen LogP) is 7.13. The summed E-state index contributed by atoms with van der Waals surface area (Å²) < 4.78 is 41.7. The zero-order valence-electron chi connectivity index (χ0n) is 24.8. The lowest BCUT2D eigenvalue weighted by molar-refractivity contribution is -0.0229. The van der Waals surface area contributed by atoms with Gasteiger partial charge in [0.2, 0.25) is 0 Å². The number of hydrogen-bond donors (Lipinski definition) is 1. The fourth-order valence-electron chi connectivity index (χ4n) is 6.31. The number of benzene rings is 3. The fraction of sp³-hybridized carbons (Fsp3) is 0.257. The third kappa shape index (κ3) is 4.97. The van der Waals surface area contributed by atoms with Gasteiger partial charge in [0, 0.05) is 55.1 Å². The van der Waals surface area contributed by atoms with E-state index in [1.165, 1.54) is 31.3 Å². The van der Waals surface area contributed by atoms with Crippen LogP contribution in [0.15, 0.2) is 71.4 Å². The first-order valence-corrected chi connectivity index (χ1v) is 14.3. The molecule has 9 heteroatoms. The summed E-state index contributed by atoms with van der Waals surface area (Å²) in [5.74, 6) is -0.992. The standard InChI is InChI=1S/C35H31F2N3O4/c1-19-14-20(2)26(27(41)18-35(16-23(17-35)43-4)34-39-12-5-13-40-34)15-25(19)24-10-11-28-29(31(24)37)30(33(42)38-3)32(44-28)21-6-8-22(36)9-7-21/h5-15,23H,16-18H2,1-4H3,(H,38,42). The van der Waals surface area contributed by atoms with Gasteiger partial charge in [-0.05, 0) is 91.9 Å². The van der Waals surface area contributed by atoms with E-state index in [1.807, 2.05) is 19.9 Å². The molecule has 0 spiro atoms. The molecule has 0 saturated heterocycles. The summed E-state index contributed by atoms with van der Waals surface area (Å²) in [6.45, 7) is 3.72. The van der Waals surface area contributed by atoms with Crippen LogP contribution in [0.2, 0.25) is 0 Å². The van der Waals surface area contributed by atoms with Crippen molar-refractivity contribution >= 4 is 22.7 Å². The van der Waals surface area contributed by atoms with Crippen LogP contribution >= 0.6 is 0 Å².